The molecule has 0 spiro atoms. The van der Waals surface area contributed by atoms with Crippen molar-refractivity contribution in [1.29, 1.82) is 0 Å². The van der Waals surface area contributed by atoms with E-state index in [-0.39, 0.29) is 10.9 Å². The average Bonchev–Trinajstić information content (AvgIpc) is 2.80. The normalized spacial score (nSPS) is 17.6. The maximum Gasteiger partial charge on any atom is 0.184 e. The molecule has 2 aromatic rings. The molecular weight excluding hydrogens is 437 g/mol. The van der Waals surface area contributed by atoms with E-state index in [1.807, 2.05) is 6.07 Å². The van der Waals surface area contributed by atoms with Crippen molar-refractivity contribution in [2.45, 2.75) is 6.92 Å². The topological polar surface area (TPSA) is 63.4 Å². The van der Waals surface area contributed by atoms with Crippen molar-refractivity contribution >= 4 is 40.6 Å². The molecule has 0 bridgehead atoms. The molecule has 9 heteroatoms. The summed E-state index contributed by atoms with van der Waals surface area (Å²) in [6, 6.07) is 12.0. The smallest absolute Gasteiger partial charge is 0.184 e. The zero-order valence-corrected chi connectivity index (χ0v) is 20.1. The first kappa shape index (κ1) is 23.3. The highest BCUT2D eigenvalue weighted by Gasteiger charge is 2.24. The molecule has 0 aromatic heterocycles. The fraction of sp³-hybridized carbons (Fsp3) is 0.417. The molecule has 3 N–H and O–H groups in total. The third-order valence-corrected chi connectivity index (χ3v) is 6.49. The number of halogens is 1. The Morgan fingerprint density at radius 1 is 0.939 bits per heavy atom. The molecule has 176 valence electrons. The second-order valence-corrected chi connectivity index (χ2v) is 9.09. The van der Waals surface area contributed by atoms with Gasteiger partial charge in [0.2, 0.25) is 0 Å². The van der Waals surface area contributed by atoms with Crippen molar-refractivity contribution in [2.24, 2.45) is 10.8 Å². The second kappa shape index (κ2) is 10.4. The van der Waals surface area contributed by atoms with E-state index >= 15 is 4.39 Å². The van der Waals surface area contributed by atoms with Crippen LogP contribution in [-0.2, 0) is 0 Å². The highest BCUT2D eigenvalue weighted by atomic mass is 32.1. The minimum absolute atomic E-state index is 0.0796. The van der Waals surface area contributed by atoms with Crippen LogP contribution in [0.15, 0.2) is 41.5 Å². The molecule has 0 unspecified atom stereocenters. The van der Waals surface area contributed by atoms with Gasteiger partial charge in [0, 0.05) is 69.3 Å². The fourth-order valence-corrected chi connectivity index (χ4v) is 4.56. The molecule has 0 amide bonds. The number of piperazine rings is 2. The molecule has 2 heterocycles. The number of nitrogens with zero attached hydrogens (tertiary/aromatic N) is 5. The van der Waals surface area contributed by atoms with Gasteiger partial charge in [-0.15, -0.1) is 0 Å². The van der Waals surface area contributed by atoms with Crippen LogP contribution in [0.4, 0.5) is 21.5 Å². The average molecular weight is 470 g/mol. The third-order valence-electron chi connectivity index (χ3n) is 6.39. The number of rotatable bonds is 5. The number of hydrogen-bond acceptors (Lipinski definition) is 6. The van der Waals surface area contributed by atoms with Crippen LogP contribution in [0.3, 0.4) is 0 Å². The molecule has 2 aliphatic rings. The minimum Gasteiger partial charge on any atom is -0.375 e. The van der Waals surface area contributed by atoms with Gasteiger partial charge in [-0.2, -0.15) is 5.10 Å². The van der Waals surface area contributed by atoms with Crippen LogP contribution < -0.4 is 25.9 Å². The Kier molecular flexibility index (Phi) is 7.29. The highest BCUT2D eigenvalue weighted by Crippen LogP contribution is 2.31. The van der Waals surface area contributed by atoms with Gasteiger partial charge in [0.1, 0.15) is 5.82 Å². The lowest BCUT2D eigenvalue weighted by Crippen LogP contribution is -2.47. The molecule has 0 atom stereocenters. The van der Waals surface area contributed by atoms with Crippen molar-refractivity contribution in [1.82, 2.24) is 10.3 Å². The molecule has 0 radical (unpaired) electrons. The van der Waals surface area contributed by atoms with E-state index in [4.69, 9.17) is 18.0 Å². The third kappa shape index (κ3) is 5.54. The van der Waals surface area contributed by atoms with E-state index in [1.165, 1.54) is 11.3 Å². The molecule has 0 aliphatic carbocycles. The van der Waals surface area contributed by atoms with Crippen molar-refractivity contribution < 1.29 is 4.39 Å². The van der Waals surface area contributed by atoms with E-state index in [9.17, 15) is 0 Å². The summed E-state index contributed by atoms with van der Waals surface area (Å²) in [5.41, 5.74) is 12.9. The summed E-state index contributed by atoms with van der Waals surface area (Å²) in [4.78, 5) is 9.13. The Bertz CT molecular complexity index is 1010. The summed E-state index contributed by atoms with van der Waals surface area (Å²) in [6.07, 6.45) is 1.59. The molecule has 2 saturated heterocycles. The molecule has 2 aliphatic heterocycles. The quantitative estimate of drug-likeness (QED) is 0.396. The van der Waals surface area contributed by atoms with Crippen LogP contribution in [0, 0.1) is 12.7 Å². The lowest BCUT2D eigenvalue weighted by molar-refractivity contribution is 0.313. The number of anilines is 3. The fourth-order valence-electron chi connectivity index (χ4n) is 4.51. The lowest BCUT2D eigenvalue weighted by Gasteiger charge is -2.39. The van der Waals surface area contributed by atoms with Crippen LogP contribution in [-0.4, -0.2) is 75.6 Å². The highest BCUT2D eigenvalue weighted by molar-refractivity contribution is 7.80. The summed E-state index contributed by atoms with van der Waals surface area (Å²) in [5.74, 6) is -0.242. The van der Waals surface area contributed by atoms with Crippen molar-refractivity contribution in [3.8, 4) is 0 Å². The van der Waals surface area contributed by atoms with Gasteiger partial charge in [-0.3, -0.25) is 5.43 Å². The number of likely N-dealkylation sites (N-methyl/N-ethyl adjacent to an activating group) is 1. The lowest BCUT2D eigenvalue weighted by atomic mass is 10.1. The molecule has 2 fully saturated rings. The van der Waals surface area contributed by atoms with E-state index in [0.29, 0.717) is 11.3 Å². The maximum atomic E-state index is 15.3. The number of aryl methyl sites for hydroxylation is 1. The summed E-state index contributed by atoms with van der Waals surface area (Å²) in [6.45, 7) is 9.07. The maximum absolute atomic E-state index is 15.3. The molecule has 7 nitrogen and oxygen atoms in total. The summed E-state index contributed by atoms with van der Waals surface area (Å²) in [5, 5.41) is 4.16. The van der Waals surface area contributed by atoms with Gasteiger partial charge in [-0.05, 0) is 50.0 Å². The largest absolute Gasteiger partial charge is 0.375 e. The van der Waals surface area contributed by atoms with E-state index < -0.39 is 0 Å². The Morgan fingerprint density at radius 3 is 2.15 bits per heavy atom. The monoisotopic (exact) mass is 469 g/mol. The molecule has 4 rings (SSSR count). The van der Waals surface area contributed by atoms with Crippen molar-refractivity contribution in [3.05, 3.63) is 53.3 Å². The first-order chi connectivity index (χ1) is 15.9. The van der Waals surface area contributed by atoms with Crippen LogP contribution in [0.25, 0.3) is 0 Å². The first-order valence-electron chi connectivity index (χ1n) is 11.3. The van der Waals surface area contributed by atoms with Gasteiger partial charge in [0.25, 0.3) is 0 Å². The number of para-hydroxylation sites is 1. The number of nitrogens with one attached hydrogen (secondary N) is 1. The van der Waals surface area contributed by atoms with Gasteiger partial charge >= 0.3 is 0 Å². The number of benzene rings is 2. The Balaban J connectivity index is 1.57. The van der Waals surface area contributed by atoms with Gasteiger partial charge in [0.15, 0.2) is 5.11 Å². The van der Waals surface area contributed by atoms with E-state index in [2.05, 4.69) is 68.4 Å². The SMILES string of the molecule is Cc1ccccc1N1CCN(c2cc(N3CCN(C)CC3)c(C=NNC(N)=S)cc2F)CC1. The van der Waals surface area contributed by atoms with Crippen LogP contribution in [0.2, 0.25) is 0 Å². The second-order valence-electron chi connectivity index (χ2n) is 8.65. The van der Waals surface area contributed by atoms with Crippen LogP contribution >= 0.6 is 12.2 Å². The Labute approximate surface area is 200 Å². The Hall–Kier alpha value is -2.91. The zero-order chi connectivity index (χ0) is 23.4. The van der Waals surface area contributed by atoms with Crippen molar-refractivity contribution in [3.63, 3.8) is 0 Å². The zero-order valence-electron chi connectivity index (χ0n) is 19.3. The molecule has 33 heavy (non-hydrogen) atoms. The Morgan fingerprint density at radius 2 is 1.52 bits per heavy atom. The number of thiocarbonyl (C=S) groups is 1. The van der Waals surface area contributed by atoms with Gasteiger partial charge in [-0.25, -0.2) is 4.39 Å². The summed E-state index contributed by atoms with van der Waals surface area (Å²) >= 11 is 4.82. The van der Waals surface area contributed by atoms with E-state index in [0.717, 1.165) is 58.0 Å². The standard InChI is InChI=1S/C24H32FN7S/c1-18-5-3-4-6-21(18)30-11-13-32(14-12-30)23-16-22(31-9-7-29(2)8-10-31)19(15-20(23)25)17-27-28-24(26)33/h3-6,15-17H,7-14H2,1-2H3,(H3,26,28,33). The number of hydrazone groups is 1. The number of nitrogens with two attached hydrogens (primary N) is 1. The van der Waals surface area contributed by atoms with Crippen LogP contribution in [0.1, 0.15) is 11.1 Å². The van der Waals surface area contributed by atoms with E-state index in [1.54, 1.807) is 12.3 Å². The van der Waals surface area contributed by atoms with Gasteiger partial charge < -0.3 is 25.3 Å². The number of hydrogen-bond donors (Lipinski definition) is 2. The van der Waals surface area contributed by atoms with Gasteiger partial charge in [-0.1, -0.05) is 18.2 Å². The molecule has 2 aromatic carbocycles. The van der Waals surface area contributed by atoms with Gasteiger partial charge in [0.05, 0.1) is 11.9 Å². The van der Waals surface area contributed by atoms with Crippen LogP contribution in [0.5, 0.6) is 0 Å². The molecule has 0 saturated carbocycles. The predicted octanol–water partition coefficient (Wildman–Crippen LogP) is 2.38. The summed E-state index contributed by atoms with van der Waals surface area (Å²) < 4.78 is 15.3. The predicted molar refractivity (Wildman–Crippen MR) is 139 cm³/mol. The first-order valence-corrected chi connectivity index (χ1v) is 11.7. The molecular formula is C24H32FN7S. The van der Waals surface area contributed by atoms with Crippen molar-refractivity contribution in [2.75, 3.05) is 74.1 Å². The summed E-state index contributed by atoms with van der Waals surface area (Å²) in [7, 11) is 2.12. The minimum atomic E-state index is -0.242.